The summed E-state index contributed by atoms with van der Waals surface area (Å²) in [5.41, 5.74) is 1.09. The number of rotatable bonds is 3. The fraction of sp³-hybridized carbons (Fsp3) is 0.571. The Morgan fingerprint density at radius 1 is 1.55 bits per heavy atom. The smallest absolute Gasteiger partial charge is 0.245 e. The SMILES string of the molecule is Cc1cnc(N2CCOCC2C(=O)NC2CC2)c(Br)c1. The van der Waals surface area contributed by atoms with E-state index in [1.54, 1.807) is 0 Å². The van der Waals surface area contributed by atoms with Gasteiger partial charge in [-0.3, -0.25) is 4.79 Å². The van der Waals surface area contributed by atoms with Crippen molar-refractivity contribution in [2.45, 2.75) is 31.8 Å². The van der Waals surface area contributed by atoms with E-state index in [9.17, 15) is 4.79 Å². The monoisotopic (exact) mass is 339 g/mol. The number of carbonyl (C=O) groups is 1. The summed E-state index contributed by atoms with van der Waals surface area (Å²) in [5, 5.41) is 3.05. The van der Waals surface area contributed by atoms with Gasteiger partial charge in [0.05, 0.1) is 17.7 Å². The van der Waals surface area contributed by atoms with Crippen molar-refractivity contribution in [3.8, 4) is 0 Å². The lowest BCUT2D eigenvalue weighted by Gasteiger charge is -2.36. The Kier molecular flexibility index (Phi) is 3.94. The number of hydrogen-bond donors (Lipinski definition) is 1. The maximum Gasteiger partial charge on any atom is 0.245 e. The molecule has 0 bridgehead atoms. The van der Waals surface area contributed by atoms with Crippen molar-refractivity contribution in [3.63, 3.8) is 0 Å². The molecule has 0 aromatic carbocycles. The lowest BCUT2D eigenvalue weighted by Crippen LogP contribution is -2.54. The van der Waals surface area contributed by atoms with E-state index >= 15 is 0 Å². The number of ether oxygens (including phenoxy) is 1. The van der Waals surface area contributed by atoms with Crippen LogP contribution in [0.1, 0.15) is 18.4 Å². The highest BCUT2D eigenvalue weighted by Gasteiger charge is 2.34. The van der Waals surface area contributed by atoms with Crippen LogP contribution in [0, 0.1) is 6.92 Å². The van der Waals surface area contributed by atoms with Crippen molar-refractivity contribution in [2.75, 3.05) is 24.7 Å². The van der Waals surface area contributed by atoms with E-state index in [0.717, 1.165) is 28.7 Å². The fourth-order valence-corrected chi connectivity index (χ4v) is 3.03. The molecule has 2 aliphatic rings. The Morgan fingerprint density at radius 3 is 3.05 bits per heavy atom. The largest absolute Gasteiger partial charge is 0.377 e. The average molecular weight is 340 g/mol. The minimum absolute atomic E-state index is 0.0430. The number of nitrogens with zero attached hydrogens (tertiary/aromatic N) is 2. The summed E-state index contributed by atoms with van der Waals surface area (Å²) in [6, 6.07) is 2.09. The van der Waals surface area contributed by atoms with Crippen LogP contribution in [0.2, 0.25) is 0 Å². The maximum atomic E-state index is 12.3. The predicted molar refractivity (Wildman–Crippen MR) is 79.8 cm³/mol. The molecule has 1 saturated carbocycles. The van der Waals surface area contributed by atoms with Gasteiger partial charge in [0.25, 0.3) is 0 Å². The van der Waals surface area contributed by atoms with E-state index < -0.39 is 0 Å². The summed E-state index contributed by atoms with van der Waals surface area (Å²) >= 11 is 3.55. The molecular formula is C14H18BrN3O2. The summed E-state index contributed by atoms with van der Waals surface area (Å²) in [6.07, 6.45) is 4.00. The second kappa shape index (κ2) is 5.69. The van der Waals surface area contributed by atoms with Gasteiger partial charge < -0.3 is 15.0 Å². The third-order valence-electron chi connectivity index (χ3n) is 3.59. The molecule has 1 N–H and O–H groups in total. The first-order valence-corrected chi connectivity index (χ1v) is 7.71. The molecule has 0 spiro atoms. The molecule has 2 fully saturated rings. The molecule has 1 atom stereocenters. The molecule has 20 heavy (non-hydrogen) atoms. The number of aromatic nitrogens is 1. The lowest BCUT2D eigenvalue weighted by molar-refractivity contribution is -0.124. The van der Waals surface area contributed by atoms with Crippen molar-refractivity contribution >= 4 is 27.7 Å². The van der Waals surface area contributed by atoms with Gasteiger partial charge in [-0.15, -0.1) is 0 Å². The van der Waals surface area contributed by atoms with Crippen molar-refractivity contribution in [2.24, 2.45) is 0 Å². The lowest BCUT2D eigenvalue weighted by atomic mass is 10.2. The highest BCUT2D eigenvalue weighted by atomic mass is 79.9. The van der Waals surface area contributed by atoms with Gasteiger partial charge in [0, 0.05) is 18.8 Å². The summed E-state index contributed by atoms with van der Waals surface area (Å²) in [4.78, 5) is 18.8. The summed E-state index contributed by atoms with van der Waals surface area (Å²) < 4.78 is 6.39. The van der Waals surface area contributed by atoms with E-state index in [1.807, 2.05) is 24.1 Å². The molecule has 108 valence electrons. The van der Waals surface area contributed by atoms with Gasteiger partial charge in [-0.25, -0.2) is 4.98 Å². The molecule has 3 rings (SSSR count). The molecule has 1 aliphatic carbocycles. The first kappa shape index (κ1) is 13.8. The Hall–Kier alpha value is -1.14. The van der Waals surface area contributed by atoms with Gasteiger partial charge in [0.2, 0.25) is 5.91 Å². The molecule has 1 aromatic rings. The number of anilines is 1. The van der Waals surface area contributed by atoms with Crippen LogP contribution in [0.4, 0.5) is 5.82 Å². The van der Waals surface area contributed by atoms with E-state index in [1.165, 1.54) is 0 Å². The molecular weight excluding hydrogens is 322 g/mol. The van der Waals surface area contributed by atoms with Gasteiger partial charge >= 0.3 is 0 Å². The second-order valence-electron chi connectivity index (χ2n) is 5.39. The normalized spacial score (nSPS) is 22.7. The van der Waals surface area contributed by atoms with Crippen LogP contribution in [0.5, 0.6) is 0 Å². The fourth-order valence-electron chi connectivity index (χ4n) is 2.34. The highest BCUT2D eigenvalue weighted by molar-refractivity contribution is 9.10. The van der Waals surface area contributed by atoms with Crippen molar-refractivity contribution in [3.05, 3.63) is 22.3 Å². The Balaban J connectivity index is 1.81. The van der Waals surface area contributed by atoms with E-state index in [0.29, 0.717) is 25.8 Å². The number of hydrogen-bond acceptors (Lipinski definition) is 4. The quantitative estimate of drug-likeness (QED) is 0.909. The van der Waals surface area contributed by atoms with E-state index in [-0.39, 0.29) is 11.9 Å². The zero-order valence-corrected chi connectivity index (χ0v) is 13.0. The topological polar surface area (TPSA) is 54.5 Å². The molecule has 1 aromatic heterocycles. The molecule has 0 radical (unpaired) electrons. The number of pyridine rings is 1. The first-order chi connectivity index (χ1) is 9.65. The number of nitrogens with one attached hydrogen (secondary N) is 1. The standard InChI is InChI=1S/C14H18BrN3O2/c1-9-6-11(15)13(16-7-9)18-4-5-20-8-12(18)14(19)17-10-2-3-10/h6-7,10,12H,2-5,8H2,1H3,(H,17,19). The van der Waals surface area contributed by atoms with Gasteiger partial charge in [-0.2, -0.15) is 0 Å². The van der Waals surface area contributed by atoms with Gasteiger partial charge in [-0.05, 0) is 47.3 Å². The van der Waals surface area contributed by atoms with Crippen molar-refractivity contribution < 1.29 is 9.53 Å². The van der Waals surface area contributed by atoms with Crippen LogP contribution < -0.4 is 10.2 Å². The second-order valence-corrected chi connectivity index (χ2v) is 6.24. The number of aryl methyl sites for hydroxylation is 1. The number of carbonyl (C=O) groups excluding carboxylic acids is 1. The van der Waals surface area contributed by atoms with E-state index in [4.69, 9.17) is 4.74 Å². The molecule has 1 saturated heterocycles. The number of amides is 1. The summed E-state index contributed by atoms with van der Waals surface area (Å²) in [5.74, 6) is 0.858. The van der Waals surface area contributed by atoms with Crippen LogP contribution in [0.15, 0.2) is 16.7 Å². The highest BCUT2D eigenvalue weighted by Crippen LogP contribution is 2.28. The predicted octanol–water partition coefficient (Wildman–Crippen LogP) is 1.64. The Bertz CT molecular complexity index is 519. The Labute approximate surface area is 126 Å². The van der Waals surface area contributed by atoms with Crippen molar-refractivity contribution in [1.29, 1.82) is 0 Å². The van der Waals surface area contributed by atoms with Gasteiger partial charge in [0.1, 0.15) is 11.9 Å². The third kappa shape index (κ3) is 2.96. The minimum atomic E-state index is -0.296. The molecule has 6 heteroatoms. The third-order valence-corrected chi connectivity index (χ3v) is 4.17. The molecule has 1 amide bonds. The average Bonchev–Trinajstić information content (AvgIpc) is 3.23. The summed E-state index contributed by atoms with van der Waals surface area (Å²) in [7, 11) is 0. The van der Waals surface area contributed by atoms with Gasteiger partial charge in [-0.1, -0.05) is 0 Å². The maximum absolute atomic E-state index is 12.3. The van der Waals surface area contributed by atoms with Crippen LogP contribution in [0.3, 0.4) is 0 Å². The zero-order valence-electron chi connectivity index (χ0n) is 11.4. The minimum Gasteiger partial charge on any atom is -0.377 e. The summed E-state index contributed by atoms with van der Waals surface area (Å²) in [6.45, 7) is 3.71. The number of halogens is 1. The van der Waals surface area contributed by atoms with Crippen LogP contribution in [-0.2, 0) is 9.53 Å². The van der Waals surface area contributed by atoms with E-state index in [2.05, 4.69) is 26.2 Å². The number of morpholine rings is 1. The first-order valence-electron chi connectivity index (χ1n) is 6.92. The Morgan fingerprint density at radius 2 is 2.35 bits per heavy atom. The molecule has 5 nitrogen and oxygen atoms in total. The van der Waals surface area contributed by atoms with Crippen LogP contribution in [-0.4, -0.2) is 42.7 Å². The van der Waals surface area contributed by atoms with Crippen LogP contribution in [0.25, 0.3) is 0 Å². The van der Waals surface area contributed by atoms with Crippen molar-refractivity contribution in [1.82, 2.24) is 10.3 Å². The molecule has 1 aliphatic heterocycles. The van der Waals surface area contributed by atoms with Gasteiger partial charge in [0.15, 0.2) is 0 Å². The molecule has 1 unspecified atom stereocenters. The zero-order chi connectivity index (χ0) is 14.1. The van der Waals surface area contributed by atoms with Crippen LogP contribution >= 0.6 is 15.9 Å². The molecule has 2 heterocycles.